The molecule has 0 aliphatic rings. The van der Waals surface area contributed by atoms with Crippen LogP contribution < -0.4 is 10.9 Å². The number of hydrogen-bond acceptors (Lipinski definition) is 5. The van der Waals surface area contributed by atoms with E-state index in [1.54, 1.807) is 30.3 Å². The summed E-state index contributed by atoms with van der Waals surface area (Å²) in [5.74, 6) is -0.461. The smallest absolute Gasteiger partial charge is 0.404 e. The van der Waals surface area contributed by atoms with Gasteiger partial charge in [-0.2, -0.15) is 8.42 Å². The largest absolute Gasteiger partial charge is 0.449 e. The van der Waals surface area contributed by atoms with Gasteiger partial charge >= 0.3 is 16.4 Å². The van der Waals surface area contributed by atoms with Crippen molar-refractivity contribution < 1.29 is 22.1 Å². The topological polar surface area (TPSA) is 122 Å². The van der Waals surface area contributed by atoms with Crippen molar-refractivity contribution >= 4 is 16.4 Å². The van der Waals surface area contributed by atoms with Gasteiger partial charge in [0, 0.05) is 5.92 Å². The lowest BCUT2D eigenvalue weighted by Gasteiger charge is -2.15. The van der Waals surface area contributed by atoms with E-state index >= 15 is 0 Å². The van der Waals surface area contributed by atoms with Gasteiger partial charge in [-0.05, 0) is 5.56 Å². The summed E-state index contributed by atoms with van der Waals surface area (Å²) in [5.41, 5.74) is 5.61. The molecule has 1 amide bonds. The minimum atomic E-state index is -4.04. The van der Waals surface area contributed by atoms with Gasteiger partial charge < -0.3 is 10.5 Å². The normalized spacial score (nSPS) is 12.9. The van der Waals surface area contributed by atoms with Crippen LogP contribution in [0.15, 0.2) is 30.3 Å². The molecule has 0 aliphatic heterocycles. The average molecular weight is 274 g/mol. The van der Waals surface area contributed by atoms with E-state index in [1.807, 2.05) is 0 Å². The molecule has 0 saturated heterocycles. The molecule has 0 saturated carbocycles. The van der Waals surface area contributed by atoms with Gasteiger partial charge in [0.15, 0.2) is 0 Å². The fourth-order valence-electron chi connectivity index (χ4n) is 1.33. The third-order valence-electron chi connectivity index (χ3n) is 2.13. The molecule has 1 rings (SSSR count). The Morgan fingerprint density at radius 1 is 1.22 bits per heavy atom. The van der Waals surface area contributed by atoms with E-state index in [1.165, 1.54) is 0 Å². The van der Waals surface area contributed by atoms with Crippen LogP contribution >= 0.6 is 0 Å². The summed E-state index contributed by atoms with van der Waals surface area (Å²) >= 11 is 0. The standard InChI is InChI=1S/C10H14N2O5S/c11-10(13)16-6-9(7-17-18(12,14)15)8-4-2-1-3-5-8/h1-5,9H,6-7H2,(H2,11,13)(H2,12,14,15)/t9-/m0/s1. The Morgan fingerprint density at radius 3 is 2.33 bits per heavy atom. The third kappa shape index (κ3) is 5.62. The van der Waals surface area contributed by atoms with Crippen LogP contribution in [0.25, 0.3) is 0 Å². The Labute approximate surface area is 105 Å². The highest BCUT2D eigenvalue weighted by molar-refractivity contribution is 7.84. The highest BCUT2D eigenvalue weighted by atomic mass is 32.2. The molecule has 0 spiro atoms. The molecule has 0 radical (unpaired) electrons. The fourth-order valence-corrected chi connectivity index (χ4v) is 1.68. The number of rotatable bonds is 6. The Kier molecular flexibility index (Phi) is 5.08. The second-order valence-corrected chi connectivity index (χ2v) is 4.74. The Bertz CT molecular complexity index is 488. The Hall–Kier alpha value is -1.64. The first-order valence-corrected chi connectivity index (χ1v) is 6.50. The number of hydrogen-bond donors (Lipinski definition) is 2. The van der Waals surface area contributed by atoms with Crippen molar-refractivity contribution in [1.82, 2.24) is 0 Å². The Balaban J connectivity index is 2.72. The first-order valence-electron chi connectivity index (χ1n) is 5.03. The van der Waals surface area contributed by atoms with Crippen LogP contribution in [0, 0.1) is 0 Å². The number of benzene rings is 1. The lowest BCUT2D eigenvalue weighted by molar-refractivity contribution is 0.138. The van der Waals surface area contributed by atoms with E-state index in [-0.39, 0.29) is 13.2 Å². The molecule has 0 unspecified atom stereocenters. The third-order valence-corrected chi connectivity index (χ3v) is 2.60. The second kappa shape index (κ2) is 6.34. The number of amides is 1. The molecule has 8 heteroatoms. The maximum absolute atomic E-state index is 10.7. The van der Waals surface area contributed by atoms with Crippen molar-refractivity contribution in [3.63, 3.8) is 0 Å². The molecule has 0 aliphatic carbocycles. The van der Waals surface area contributed by atoms with Gasteiger partial charge in [0.1, 0.15) is 6.61 Å². The quantitative estimate of drug-likeness (QED) is 0.761. The molecule has 18 heavy (non-hydrogen) atoms. The molecule has 1 aromatic carbocycles. The summed E-state index contributed by atoms with van der Waals surface area (Å²) in [6.45, 7) is -0.314. The van der Waals surface area contributed by atoms with Gasteiger partial charge in [0.25, 0.3) is 0 Å². The lowest BCUT2D eigenvalue weighted by Crippen LogP contribution is -2.24. The number of carbonyl (C=O) groups is 1. The van der Waals surface area contributed by atoms with Crippen molar-refractivity contribution in [2.75, 3.05) is 13.2 Å². The SMILES string of the molecule is NC(=O)OC[C@@H](COS(N)(=O)=O)c1ccccc1. The van der Waals surface area contributed by atoms with E-state index < -0.39 is 22.3 Å². The van der Waals surface area contributed by atoms with Gasteiger partial charge in [-0.1, -0.05) is 30.3 Å². The van der Waals surface area contributed by atoms with Gasteiger partial charge in [0.05, 0.1) is 6.61 Å². The zero-order chi connectivity index (χ0) is 13.6. The summed E-state index contributed by atoms with van der Waals surface area (Å²) in [5, 5.41) is 4.74. The van der Waals surface area contributed by atoms with E-state index in [9.17, 15) is 13.2 Å². The molecule has 1 aromatic rings. The van der Waals surface area contributed by atoms with Crippen LogP contribution in [-0.2, 0) is 19.2 Å². The molecule has 1 atom stereocenters. The van der Waals surface area contributed by atoms with Crippen LogP contribution in [0.3, 0.4) is 0 Å². The monoisotopic (exact) mass is 274 g/mol. The molecular weight excluding hydrogens is 260 g/mol. The summed E-state index contributed by atoms with van der Waals surface area (Å²) in [6, 6.07) is 8.84. The summed E-state index contributed by atoms with van der Waals surface area (Å²) in [6.07, 6.45) is -0.938. The predicted octanol–water partition coefficient (Wildman–Crippen LogP) is 0.0856. The number of ether oxygens (including phenoxy) is 1. The van der Waals surface area contributed by atoms with Crippen LogP contribution in [0.5, 0.6) is 0 Å². The Morgan fingerprint density at radius 2 is 1.83 bits per heavy atom. The molecule has 100 valence electrons. The van der Waals surface area contributed by atoms with Crippen molar-refractivity contribution in [3.05, 3.63) is 35.9 Å². The minimum absolute atomic E-state index is 0.0884. The summed E-state index contributed by atoms with van der Waals surface area (Å²) in [7, 11) is -4.04. The molecule has 0 bridgehead atoms. The zero-order valence-electron chi connectivity index (χ0n) is 9.48. The second-order valence-electron chi connectivity index (χ2n) is 3.51. The number of carbonyl (C=O) groups excluding carboxylic acids is 1. The van der Waals surface area contributed by atoms with E-state index in [2.05, 4.69) is 8.92 Å². The maximum Gasteiger partial charge on any atom is 0.404 e. The summed E-state index contributed by atoms with van der Waals surface area (Å²) in [4.78, 5) is 10.6. The molecule has 0 heterocycles. The first-order chi connectivity index (χ1) is 8.38. The maximum atomic E-state index is 10.7. The van der Waals surface area contributed by atoms with Crippen LogP contribution in [-0.4, -0.2) is 27.7 Å². The molecule has 0 fully saturated rings. The molecule has 4 N–H and O–H groups in total. The number of nitrogens with two attached hydrogens (primary N) is 2. The van der Waals surface area contributed by atoms with E-state index in [0.29, 0.717) is 0 Å². The average Bonchev–Trinajstić information content (AvgIpc) is 2.28. The first kappa shape index (κ1) is 14.4. The highest BCUT2D eigenvalue weighted by Crippen LogP contribution is 2.16. The van der Waals surface area contributed by atoms with Crippen molar-refractivity contribution in [3.8, 4) is 0 Å². The molecule has 0 aromatic heterocycles. The van der Waals surface area contributed by atoms with E-state index in [0.717, 1.165) is 5.56 Å². The van der Waals surface area contributed by atoms with Crippen molar-refractivity contribution in [2.24, 2.45) is 10.9 Å². The minimum Gasteiger partial charge on any atom is -0.449 e. The van der Waals surface area contributed by atoms with Gasteiger partial charge in [0.2, 0.25) is 0 Å². The van der Waals surface area contributed by atoms with Crippen LogP contribution in [0.4, 0.5) is 4.79 Å². The fraction of sp³-hybridized carbons (Fsp3) is 0.300. The van der Waals surface area contributed by atoms with Crippen LogP contribution in [0.2, 0.25) is 0 Å². The van der Waals surface area contributed by atoms with Gasteiger partial charge in [-0.15, -0.1) is 0 Å². The molecular formula is C10H14N2O5S. The predicted molar refractivity (Wildman–Crippen MR) is 63.8 cm³/mol. The van der Waals surface area contributed by atoms with Gasteiger partial charge in [-0.25, -0.2) is 9.93 Å². The lowest BCUT2D eigenvalue weighted by atomic mass is 10.0. The highest BCUT2D eigenvalue weighted by Gasteiger charge is 2.16. The molecule has 7 nitrogen and oxygen atoms in total. The van der Waals surface area contributed by atoms with Gasteiger partial charge in [-0.3, -0.25) is 4.18 Å². The van der Waals surface area contributed by atoms with Crippen molar-refractivity contribution in [1.29, 1.82) is 0 Å². The summed E-state index contributed by atoms with van der Waals surface area (Å²) < 4.78 is 30.6. The number of primary amides is 1. The van der Waals surface area contributed by atoms with E-state index in [4.69, 9.17) is 10.9 Å². The van der Waals surface area contributed by atoms with Crippen molar-refractivity contribution in [2.45, 2.75) is 5.92 Å². The zero-order valence-corrected chi connectivity index (χ0v) is 10.3. The van der Waals surface area contributed by atoms with Crippen LogP contribution in [0.1, 0.15) is 11.5 Å².